The SMILES string of the molecule is Nc1c(F)ccc(NC(=O)c2cc(NC(=O)[C@H]3[C@H](c4ccc(F)c(Cl)c4)C3(Cl)Cl)cc(F)c2Cl)c1F. The van der Waals surface area contributed by atoms with Crippen molar-refractivity contribution in [2.24, 2.45) is 5.92 Å². The first-order chi connectivity index (χ1) is 16.8. The average Bonchev–Trinajstić information content (AvgIpc) is 3.40. The van der Waals surface area contributed by atoms with Gasteiger partial charge >= 0.3 is 0 Å². The lowest BCUT2D eigenvalue weighted by Crippen LogP contribution is -2.19. The van der Waals surface area contributed by atoms with Crippen LogP contribution < -0.4 is 16.4 Å². The van der Waals surface area contributed by atoms with Crippen LogP contribution in [0.4, 0.5) is 34.6 Å². The monoisotopic (exact) mass is 579 g/mol. The minimum Gasteiger partial charge on any atom is -0.394 e. The van der Waals surface area contributed by atoms with Crippen LogP contribution in [0.2, 0.25) is 10.0 Å². The molecule has 0 saturated heterocycles. The molecule has 36 heavy (non-hydrogen) atoms. The van der Waals surface area contributed by atoms with Gasteiger partial charge in [-0.15, -0.1) is 23.2 Å². The van der Waals surface area contributed by atoms with Crippen LogP contribution in [0, 0.1) is 29.2 Å². The van der Waals surface area contributed by atoms with Gasteiger partial charge < -0.3 is 16.4 Å². The summed E-state index contributed by atoms with van der Waals surface area (Å²) in [4.78, 5) is 25.5. The summed E-state index contributed by atoms with van der Waals surface area (Å²) >= 11 is 24.2. The lowest BCUT2D eigenvalue weighted by Gasteiger charge is -2.12. The van der Waals surface area contributed by atoms with Crippen molar-refractivity contribution in [1.29, 1.82) is 0 Å². The molecule has 4 N–H and O–H groups in total. The van der Waals surface area contributed by atoms with Crippen molar-refractivity contribution in [2.75, 3.05) is 16.4 Å². The van der Waals surface area contributed by atoms with Crippen LogP contribution in [0.1, 0.15) is 21.8 Å². The van der Waals surface area contributed by atoms with Gasteiger partial charge in [0.25, 0.3) is 5.91 Å². The van der Waals surface area contributed by atoms with Gasteiger partial charge in [-0.05, 0) is 42.0 Å². The second-order valence-electron chi connectivity index (χ2n) is 7.89. The number of nitrogen functional groups attached to an aromatic ring is 1. The summed E-state index contributed by atoms with van der Waals surface area (Å²) < 4.78 is 53.9. The number of anilines is 3. The molecular weight excluding hydrogens is 568 g/mol. The Morgan fingerprint density at radius 2 is 1.56 bits per heavy atom. The van der Waals surface area contributed by atoms with Crippen LogP contribution in [-0.4, -0.2) is 16.1 Å². The molecule has 0 heterocycles. The third-order valence-corrected chi connectivity index (χ3v) is 7.17. The molecule has 0 spiro atoms. The van der Waals surface area contributed by atoms with E-state index in [1.807, 2.05) is 0 Å². The summed E-state index contributed by atoms with van der Waals surface area (Å²) in [6, 6.07) is 7.42. The number of nitrogens with two attached hydrogens (primary N) is 1. The summed E-state index contributed by atoms with van der Waals surface area (Å²) in [5.41, 5.74) is 3.74. The number of amides is 2. The van der Waals surface area contributed by atoms with Crippen LogP contribution in [0.15, 0.2) is 42.5 Å². The van der Waals surface area contributed by atoms with Crippen LogP contribution >= 0.6 is 46.4 Å². The molecular formula is C23H13Cl4F4N3O2. The molecule has 3 aromatic rings. The molecule has 5 nitrogen and oxygen atoms in total. The van der Waals surface area contributed by atoms with Crippen LogP contribution in [0.5, 0.6) is 0 Å². The summed E-state index contributed by atoms with van der Waals surface area (Å²) in [7, 11) is 0. The molecule has 1 aliphatic rings. The van der Waals surface area contributed by atoms with E-state index in [2.05, 4.69) is 10.6 Å². The Morgan fingerprint density at radius 1 is 0.889 bits per heavy atom. The summed E-state index contributed by atoms with van der Waals surface area (Å²) in [6.45, 7) is 0. The highest BCUT2D eigenvalue weighted by molar-refractivity contribution is 6.53. The maximum absolute atomic E-state index is 14.5. The lowest BCUT2D eigenvalue weighted by atomic mass is 10.1. The number of nitrogens with one attached hydrogen (secondary N) is 2. The third kappa shape index (κ3) is 4.80. The Balaban J connectivity index is 1.56. The molecule has 4 rings (SSSR count). The first kappa shape index (κ1) is 26.3. The van der Waals surface area contributed by atoms with E-state index in [0.717, 1.165) is 30.3 Å². The fourth-order valence-corrected chi connectivity index (χ4v) is 4.89. The normalized spacial score (nSPS) is 18.0. The highest BCUT2D eigenvalue weighted by Gasteiger charge is 2.67. The number of hydrogen-bond acceptors (Lipinski definition) is 3. The van der Waals surface area contributed by atoms with E-state index in [0.29, 0.717) is 5.56 Å². The zero-order valence-electron chi connectivity index (χ0n) is 17.6. The first-order valence-corrected chi connectivity index (χ1v) is 11.5. The molecule has 13 heteroatoms. The number of alkyl halides is 2. The Kier molecular flexibility index (Phi) is 7.04. The van der Waals surface area contributed by atoms with E-state index in [4.69, 9.17) is 52.1 Å². The lowest BCUT2D eigenvalue weighted by molar-refractivity contribution is -0.117. The Hall–Kier alpha value is -2.72. The zero-order chi connectivity index (χ0) is 26.5. The van der Waals surface area contributed by atoms with Crippen LogP contribution in [0.3, 0.4) is 0 Å². The van der Waals surface area contributed by atoms with Crippen LogP contribution in [-0.2, 0) is 4.79 Å². The van der Waals surface area contributed by atoms with Gasteiger partial charge in [-0.1, -0.05) is 29.3 Å². The summed E-state index contributed by atoms with van der Waals surface area (Å²) in [5.74, 6) is -7.55. The quantitative estimate of drug-likeness (QED) is 0.174. The summed E-state index contributed by atoms with van der Waals surface area (Å²) in [6.07, 6.45) is 0. The van der Waals surface area contributed by atoms with Gasteiger partial charge in [-0.2, -0.15) is 0 Å². The minimum absolute atomic E-state index is 0.182. The number of rotatable bonds is 5. The molecule has 1 fully saturated rings. The van der Waals surface area contributed by atoms with E-state index < -0.39 is 73.2 Å². The molecule has 188 valence electrons. The number of benzene rings is 3. The van der Waals surface area contributed by atoms with Gasteiger partial charge in [-0.3, -0.25) is 9.59 Å². The zero-order valence-corrected chi connectivity index (χ0v) is 20.6. The minimum atomic E-state index is -1.56. The van der Waals surface area contributed by atoms with Crippen LogP contribution in [0.25, 0.3) is 0 Å². The van der Waals surface area contributed by atoms with Crippen molar-refractivity contribution in [3.63, 3.8) is 0 Å². The molecule has 2 atom stereocenters. The fourth-order valence-electron chi connectivity index (χ4n) is 3.68. The molecule has 2 amide bonds. The van der Waals surface area contributed by atoms with Crippen molar-refractivity contribution >= 4 is 75.3 Å². The van der Waals surface area contributed by atoms with Crippen molar-refractivity contribution in [3.8, 4) is 0 Å². The Morgan fingerprint density at radius 3 is 2.22 bits per heavy atom. The number of hydrogen-bond donors (Lipinski definition) is 3. The average molecular weight is 581 g/mol. The smallest absolute Gasteiger partial charge is 0.257 e. The highest BCUT2D eigenvalue weighted by atomic mass is 35.5. The second-order valence-corrected chi connectivity index (χ2v) is 10.1. The largest absolute Gasteiger partial charge is 0.394 e. The number of halogens is 8. The van der Waals surface area contributed by atoms with E-state index >= 15 is 0 Å². The van der Waals surface area contributed by atoms with Crippen molar-refractivity contribution in [1.82, 2.24) is 0 Å². The number of carbonyl (C=O) groups is 2. The fraction of sp³-hybridized carbons (Fsp3) is 0.130. The van der Waals surface area contributed by atoms with Crippen molar-refractivity contribution < 1.29 is 27.2 Å². The van der Waals surface area contributed by atoms with E-state index in [-0.39, 0.29) is 10.7 Å². The van der Waals surface area contributed by atoms with Crippen molar-refractivity contribution in [2.45, 2.75) is 10.3 Å². The highest BCUT2D eigenvalue weighted by Crippen LogP contribution is 2.65. The van der Waals surface area contributed by atoms with Gasteiger partial charge in [0.1, 0.15) is 27.5 Å². The van der Waals surface area contributed by atoms with Gasteiger partial charge in [0.2, 0.25) is 5.91 Å². The molecule has 0 unspecified atom stereocenters. The first-order valence-electron chi connectivity index (χ1n) is 10.0. The molecule has 0 bridgehead atoms. The molecule has 1 aliphatic carbocycles. The van der Waals surface area contributed by atoms with E-state index in [1.54, 1.807) is 0 Å². The molecule has 0 aromatic heterocycles. The molecule has 1 saturated carbocycles. The Labute approximate surface area is 221 Å². The summed E-state index contributed by atoms with van der Waals surface area (Å²) in [5, 5.41) is 3.72. The maximum atomic E-state index is 14.5. The second kappa shape index (κ2) is 9.63. The standard InChI is InChI=1S/C23H13Cl4F4N3O2/c24-11-5-8(1-2-12(11)28)16-17(23(16,26)27)22(36)33-9-6-10(18(25)14(30)7-9)21(35)34-15-4-3-13(29)20(32)19(15)31/h1-7,16-17H,32H2,(H,33,36)(H,34,35)/t16-,17+/m0/s1. The third-order valence-electron chi connectivity index (χ3n) is 5.55. The number of carbonyl (C=O) groups excluding carboxylic acids is 2. The Bertz CT molecular complexity index is 1420. The topological polar surface area (TPSA) is 84.2 Å². The van der Waals surface area contributed by atoms with Crippen molar-refractivity contribution in [3.05, 3.63) is 86.9 Å². The van der Waals surface area contributed by atoms with E-state index in [9.17, 15) is 27.2 Å². The maximum Gasteiger partial charge on any atom is 0.257 e. The predicted octanol–water partition coefficient (Wildman–Crippen LogP) is 6.91. The van der Waals surface area contributed by atoms with Gasteiger partial charge in [0, 0.05) is 11.6 Å². The van der Waals surface area contributed by atoms with Gasteiger partial charge in [-0.25, -0.2) is 17.6 Å². The van der Waals surface area contributed by atoms with Gasteiger partial charge in [0.15, 0.2) is 5.82 Å². The van der Waals surface area contributed by atoms with Gasteiger partial charge in [0.05, 0.1) is 27.2 Å². The van der Waals surface area contributed by atoms with E-state index in [1.165, 1.54) is 12.1 Å². The molecule has 0 radical (unpaired) electrons. The predicted molar refractivity (Wildman–Crippen MR) is 131 cm³/mol. The molecule has 3 aromatic carbocycles. The molecule has 0 aliphatic heterocycles.